The Labute approximate surface area is 172 Å². The summed E-state index contributed by atoms with van der Waals surface area (Å²) in [5.41, 5.74) is 4.73. The highest BCUT2D eigenvalue weighted by molar-refractivity contribution is 5.86. The van der Waals surface area contributed by atoms with Crippen LogP contribution in [-0.2, 0) is 21.4 Å². The van der Waals surface area contributed by atoms with Gasteiger partial charge in [0.2, 0.25) is 11.8 Å². The van der Waals surface area contributed by atoms with Gasteiger partial charge in [-0.15, -0.1) is 0 Å². The summed E-state index contributed by atoms with van der Waals surface area (Å²) in [5, 5.41) is 7.76. The van der Waals surface area contributed by atoms with Crippen molar-refractivity contribution in [3.63, 3.8) is 0 Å². The molecule has 1 fully saturated rings. The molecular weight excluding hydrogens is 364 g/mol. The lowest BCUT2D eigenvalue weighted by atomic mass is 9.87. The number of likely N-dealkylation sites (tertiary alicyclic amines) is 1. The second-order valence-electron chi connectivity index (χ2n) is 9.19. The number of hydrogen-bond acceptors (Lipinski definition) is 3. The van der Waals surface area contributed by atoms with Crippen LogP contribution in [0.5, 0.6) is 0 Å². The van der Waals surface area contributed by atoms with Gasteiger partial charge >= 0.3 is 0 Å². The third-order valence-corrected chi connectivity index (χ3v) is 6.00. The van der Waals surface area contributed by atoms with Crippen LogP contribution in [0.25, 0.3) is 5.69 Å². The molecular formula is C23H30N4O2. The summed E-state index contributed by atoms with van der Waals surface area (Å²) in [6.45, 7) is 7.47. The average Bonchev–Trinajstić information content (AvgIpc) is 3.28. The summed E-state index contributed by atoms with van der Waals surface area (Å²) >= 11 is 0. The van der Waals surface area contributed by atoms with Crippen molar-refractivity contribution in [2.75, 3.05) is 13.1 Å². The molecule has 2 amide bonds. The number of rotatable bonds is 4. The van der Waals surface area contributed by atoms with Crippen LogP contribution in [0.3, 0.4) is 0 Å². The Balaban J connectivity index is 1.50. The van der Waals surface area contributed by atoms with E-state index in [1.54, 1.807) is 4.90 Å². The van der Waals surface area contributed by atoms with Gasteiger partial charge in [0.1, 0.15) is 0 Å². The fourth-order valence-corrected chi connectivity index (χ4v) is 4.32. The van der Waals surface area contributed by atoms with E-state index in [9.17, 15) is 9.59 Å². The van der Waals surface area contributed by atoms with Crippen molar-refractivity contribution in [2.45, 2.75) is 64.3 Å². The lowest BCUT2D eigenvalue weighted by molar-refractivity contribution is -0.133. The Kier molecular flexibility index (Phi) is 5.19. The van der Waals surface area contributed by atoms with Crippen LogP contribution in [0.1, 0.15) is 69.3 Å². The molecule has 6 heteroatoms. The minimum Gasteiger partial charge on any atom is -0.348 e. The van der Waals surface area contributed by atoms with Crippen LogP contribution >= 0.6 is 0 Å². The molecule has 2 aliphatic rings. The van der Waals surface area contributed by atoms with Crippen molar-refractivity contribution < 1.29 is 9.59 Å². The van der Waals surface area contributed by atoms with Crippen LogP contribution in [-0.4, -0.2) is 39.6 Å². The van der Waals surface area contributed by atoms with E-state index >= 15 is 0 Å². The Bertz CT molecular complexity index is 908. The minimum absolute atomic E-state index is 0.0356. The predicted molar refractivity (Wildman–Crippen MR) is 112 cm³/mol. The Morgan fingerprint density at radius 1 is 1.17 bits per heavy atom. The quantitative estimate of drug-likeness (QED) is 0.865. The number of nitrogens with zero attached hydrogens (tertiary/aromatic N) is 3. The predicted octanol–water partition coefficient (Wildman–Crippen LogP) is 3.29. The summed E-state index contributed by atoms with van der Waals surface area (Å²) in [6.07, 6.45) is 6.15. The lowest BCUT2D eigenvalue weighted by Crippen LogP contribution is -2.40. The zero-order valence-corrected chi connectivity index (χ0v) is 17.6. The normalized spacial score (nSPS) is 19.3. The topological polar surface area (TPSA) is 67.2 Å². The van der Waals surface area contributed by atoms with E-state index in [0.717, 1.165) is 36.9 Å². The number of benzene rings is 1. The van der Waals surface area contributed by atoms with Crippen LogP contribution < -0.4 is 5.32 Å². The molecule has 1 saturated heterocycles. The number of nitrogens with one attached hydrogen (secondary N) is 1. The Morgan fingerprint density at radius 2 is 1.93 bits per heavy atom. The third kappa shape index (κ3) is 4.07. The first-order chi connectivity index (χ1) is 13.8. The minimum atomic E-state index is -0.0830. The molecule has 29 heavy (non-hydrogen) atoms. The smallest absolute Gasteiger partial charge is 0.240 e. The fraction of sp³-hybridized carbons (Fsp3) is 0.522. The maximum atomic E-state index is 12.5. The molecule has 4 rings (SSSR count). The van der Waals surface area contributed by atoms with Gasteiger partial charge in [-0.1, -0.05) is 32.9 Å². The Morgan fingerprint density at radius 3 is 2.59 bits per heavy atom. The number of amides is 2. The van der Waals surface area contributed by atoms with Gasteiger partial charge in [0, 0.05) is 24.2 Å². The van der Waals surface area contributed by atoms with Gasteiger partial charge in [0.05, 0.1) is 24.5 Å². The molecule has 1 N–H and O–H groups in total. The average molecular weight is 395 g/mol. The van der Waals surface area contributed by atoms with Gasteiger partial charge in [0.25, 0.3) is 0 Å². The van der Waals surface area contributed by atoms with Crippen molar-refractivity contribution in [1.82, 2.24) is 20.0 Å². The van der Waals surface area contributed by atoms with E-state index in [-0.39, 0.29) is 29.8 Å². The zero-order chi connectivity index (χ0) is 20.6. The lowest BCUT2D eigenvalue weighted by Gasteiger charge is -2.25. The largest absolute Gasteiger partial charge is 0.348 e. The first kappa shape index (κ1) is 19.7. The maximum Gasteiger partial charge on any atom is 0.240 e. The van der Waals surface area contributed by atoms with Crippen LogP contribution in [0.15, 0.2) is 30.5 Å². The number of carbonyl (C=O) groups excluding carboxylic acids is 2. The number of fused-ring (bicyclic) bond motifs is 1. The summed E-state index contributed by atoms with van der Waals surface area (Å²) < 4.78 is 2.00. The van der Waals surface area contributed by atoms with Crippen molar-refractivity contribution in [1.29, 1.82) is 0 Å². The molecule has 1 aliphatic heterocycles. The third-order valence-electron chi connectivity index (χ3n) is 6.00. The van der Waals surface area contributed by atoms with Gasteiger partial charge in [-0.05, 0) is 48.8 Å². The van der Waals surface area contributed by atoms with Gasteiger partial charge in [-0.2, -0.15) is 5.10 Å². The molecule has 1 aromatic carbocycles. The molecule has 0 spiro atoms. The van der Waals surface area contributed by atoms with E-state index in [1.165, 1.54) is 11.3 Å². The van der Waals surface area contributed by atoms with Gasteiger partial charge in [-0.25, -0.2) is 4.68 Å². The van der Waals surface area contributed by atoms with Crippen LogP contribution in [0.2, 0.25) is 0 Å². The van der Waals surface area contributed by atoms with Crippen molar-refractivity contribution in [2.24, 2.45) is 0 Å². The monoisotopic (exact) mass is 394 g/mol. The summed E-state index contributed by atoms with van der Waals surface area (Å²) in [5.74, 6) is -0.00335. The second kappa shape index (κ2) is 7.65. The van der Waals surface area contributed by atoms with E-state index < -0.39 is 0 Å². The van der Waals surface area contributed by atoms with Crippen LogP contribution in [0.4, 0.5) is 0 Å². The molecule has 1 aliphatic carbocycles. The zero-order valence-electron chi connectivity index (χ0n) is 17.6. The molecule has 6 nitrogen and oxygen atoms in total. The standard InChI is InChI=1S/C23H30N4O2/c1-23(2,3)16-9-11-17(12-10-16)27-20-7-4-6-19(18(20)14-24-27)25-21(28)15-26-13-5-8-22(26)29/h9-12,14,19H,4-8,13,15H2,1-3H3,(H,25,28)/t19-/m0/s1. The second-order valence-corrected chi connectivity index (χ2v) is 9.19. The molecule has 0 bridgehead atoms. The highest BCUT2D eigenvalue weighted by Crippen LogP contribution is 2.31. The van der Waals surface area contributed by atoms with Crippen molar-refractivity contribution >= 4 is 11.8 Å². The molecule has 1 aromatic heterocycles. The molecule has 0 unspecified atom stereocenters. The van der Waals surface area contributed by atoms with Crippen molar-refractivity contribution in [3.05, 3.63) is 47.3 Å². The number of hydrogen-bond donors (Lipinski definition) is 1. The Hall–Kier alpha value is -2.63. The van der Waals surface area contributed by atoms with E-state index in [2.05, 4.69) is 55.5 Å². The molecule has 2 heterocycles. The highest BCUT2D eigenvalue weighted by Gasteiger charge is 2.28. The SMILES string of the molecule is CC(C)(C)c1ccc(-n2ncc3c2CCC[C@@H]3NC(=O)CN2CCCC2=O)cc1. The fourth-order valence-electron chi connectivity index (χ4n) is 4.32. The van der Waals surface area contributed by atoms with Gasteiger partial charge in [0.15, 0.2) is 0 Å². The first-order valence-corrected chi connectivity index (χ1v) is 10.6. The number of carbonyl (C=O) groups is 2. The summed E-state index contributed by atoms with van der Waals surface area (Å²) in [6, 6.07) is 8.54. The molecule has 2 aromatic rings. The molecule has 1 atom stereocenters. The first-order valence-electron chi connectivity index (χ1n) is 10.6. The summed E-state index contributed by atoms with van der Waals surface area (Å²) in [7, 11) is 0. The van der Waals surface area contributed by atoms with Crippen molar-refractivity contribution in [3.8, 4) is 5.69 Å². The number of aromatic nitrogens is 2. The van der Waals surface area contributed by atoms with Gasteiger partial charge < -0.3 is 10.2 Å². The molecule has 0 radical (unpaired) electrons. The van der Waals surface area contributed by atoms with Crippen LogP contribution in [0, 0.1) is 0 Å². The van der Waals surface area contributed by atoms with E-state index in [4.69, 9.17) is 0 Å². The highest BCUT2D eigenvalue weighted by atomic mass is 16.2. The van der Waals surface area contributed by atoms with E-state index in [1.807, 2.05) is 10.9 Å². The van der Waals surface area contributed by atoms with Gasteiger partial charge in [-0.3, -0.25) is 9.59 Å². The van der Waals surface area contributed by atoms with E-state index in [0.29, 0.717) is 13.0 Å². The maximum absolute atomic E-state index is 12.5. The molecule has 154 valence electrons. The summed E-state index contributed by atoms with van der Waals surface area (Å²) in [4.78, 5) is 25.9. The molecule has 0 saturated carbocycles.